The van der Waals surface area contributed by atoms with Crippen LogP contribution in [-0.4, -0.2) is 155 Å². The van der Waals surface area contributed by atoms with E-state index in [4.69, 9.17) is 32.8 Å². The molecule has 286 valence electrons. The van der Waals surface area contributed by atoms with Gasteiger partial charge in [-0.3, -0.25) is 4.79 Å². The molecule has 0 bridgehead atoms. The third kappa shape index (κ3) is 7.03. The van der Waals surface area contributed by atoms with E-state index in [0.29, 0.717) is 0 Å². The number of phenols is 2. The lowest BCUT2D eigenvalue weighted by Crippen LogP contribution is -2.64. The molecule has 4 heterocycles. The third-order valence-corrected chi connectivity index (χ3v) is 9.25. The van der Waals surface area contributed by atoms with Gasteiger partial charge in [0.05, 0.1) is 18.8 Å². The van der Waals surface area contributed by atoms with Crippen LogP contribution in [0.3, 0.4) is 0 Å². The van der Waals surface area contributed by atoms with Crippen LogP contribution in [0, 0.1) is 0 Å². The molecule has 3 saturated heterocycles. The van der Waals surface area contributed by atoms with Gasteiger partial charge < -0.3 is 89.0 Å². The summed E-state index contributed by atoms with van der Waals surface area (Å²) in [7, 11) is 0. The summed E-state index contributed by atoms with van der Waals surface area (Å²) in [4.78, 5) is 14.0. The highest BCUT2D eigenvalue weighted by Gasteiger charge is 2.51. The molecule has 3 aromatic rings. The molecule has 0 spiro atoms. The molecular formula is C33H40O19. The van der Waals surface area contributed by atoms with Crippen molar-refractivity contribution in [3.8, 4) is 34.3 Å². The molecule has 0 amide bonds. The Morgan fingerprint density at radius 1 is 0.673 bits per heavy atom. The van der Waals surface area contributed by atoms with Gasteiger partial charge in [-0.05, 0) is 38.1 Å². The fourth-order valence-electron chi connectivity index (χ4n) is 6.17. The Morgan fingerprint density at radius 2 is 1.27 bits per heavy atom. The molecule has 2 aromatic carbocycles. The topological polar surface area (TPSA) is 308 Å². The molecule has 0 radical (unpaired) electrons. The maximum atomic E-state index is 14.0. The van der Waals surface area contributed by atoms with E-state index in [2.05, 4.69) is 0 Å². The predicted molar refractivity (Wildman–Crippen MR) is 170 cm³/mol. The molecule has 15 atom stereocenters. The van der Waals surface area contributed by atoms with E-state index in [1.807, 2.05) is 0 Å². The van der Waals surface area contributed by atoms with E-state index >= 15 is 0 Å². The monoisotopic (exact) mass is 740 g/mol. The van der Waals surface area contributed by atoms with Crippen molar-refractivity contribution in [2.24, 2.45) is 0 Å². The van der Waals surface area contributed by atoms with Crippen molar-refractivity contribution >= 4 is 11.0 Å². The molecule has 0 saturated carbocycles. The van der Waals surface area contributed by atoms with Gasteiger partial charge in [0, 0.05) is 17.7 Å². The Hall–Kier alpha value is -3.67. The zero-order valence-corrected chi connectivity index (χ0v) is 27.5. The standard InChI is InChI=1S/C33H40O19/c1-10-19(37)23(41)26(44)31(46-10)51-29-22(40)18-15(36)7-14(8-16(18)49-28(29)12-3-5-13(35)6-4-12)48-33-30(25(43)20(38)11(2)47-33)52-32-27(45)24(42)21(39)17(9-34)50-32/h3-8,10-11,17,19-21,23-27,30-39,41-45H,9H2,1-2H3/t10?,11?,17?,19-,20-,21+,23?,24-,25-,26-,27?,30?,31-,32-,33-/m0/s1. The first kappa shape index (κ1) is 38.1. The number of aromatic hydroxyl groups is 2. The Bertz CT molecular complexity index is 1760. The van der Waals surface area contributed by atoms with Gasteiger partial charge in [-0.2, -0.15) is 0 Å². The van der Waals surface area contributed by atoms with Crippen molar-refractivity contribution in [3.63, 3.8) is 0 Å². The van der Waals surface area contributed by atoms with Gasteiger partial charge in [0.25, 0.3) is 0 Å². The van der Waals surface area contributed by atoms with Crippen molar-refractivity contribution in [1.82, 2.24) is 0 Å². The second-order valence-electron chi connectivity index (χ2n) is 12.9. The minimum atomic E-state index is -1.88. The van der Waals surface area contributed by atoms with E-state index in [1.165, 1.54) is 38.1 Å². The maximum Gasteiger partial charge on any atom is 0.239 e. The number of fused-ring (bicyclic) bond motifs is 1. The highest BCUT2D eigenvalue weighted by atomic mass is 16.8. The van der Waals surface area contributed by atoms with Crippen molar-refractivity contribution < 1.29 is 89.0 Å². The Kier molecular flexibility index (Phi) is 11.0. The second-order valence-corrected chi connectivity index (χ2v) is 12.9. The van der Waals surface area contributed by atoms with Gasteiger partial charge in [0.2, 0.25) is 23.8 Å². The number of aliphatic hydroxyl groups excluding tert-OH is 9. The highest BCUT2D eigenvalue weighted by molar-refractivity contribution is 5.88. The van der Waals surface area contributed by atoms with Gasteiger partial charge in [0.15, 0.2) is 18.2 Å². The van der Waals surface area contributed by atoms with E-state index in [0.717, 1.165) is 12.1 Å². The van der Waals surface area contributed by atoms with Crippen molar-refractivity contribution in [1.29, 1.82) is 0 Å². The van der Waals surface area contributed by atoms with Crippen LogP contribution in [0.15, 0.2) is 45.6 Å². The van der Waals surface area contributed by atoms with E-state index in [-0.39, 0.29) is 28.4 Å². The number of aliphatic hydroxyl groups is 9. The normalized spacial score (nSPS) is 38.2. The highest BCUT2D eigenvalue weighted by Crippen LogP contribution is 2.39. The molecule has 3 aliphatic heterocycles. The molecule has 0 aliphatic carbocycles. The molecule has 52 heavy (non-hydrogen) atoms. The van der Waals surface area contributed by atoms with Crippen molar-refractivity contribution in [2.75, 3.05) is 6.61 Å². The molecule has 6 unspecified atom stereocenters. The molecule has 3 aliphatic rings. The minimum Gasteiger partial charge on any atom is -0.508 e. The predicted octanol–water partition coefficient (Wildman–Crippen LogP) is -2.89. The molecule has 11 N–H and O–H groups in total. The third-order valence-electron chi connectivity index (χ3n) is 9.25. The molecule has 3 fully saturated rings. The number of benzene rings is 2. The van der Waals surface area contributed by atoms with Crippen molar-refractivity contribution in [3.05, 3.63) is 46.6 Å². The first-order chi connectivity index (χ1) is 24.6. The van der Waals surface area contributed by atoms with Crippen LogP contribution in [0.4, 0.5) is 0 Å². The fraction of sp³-hybridized carbons (Fsp3) is 0.545. The van der Waals surface area contributed by atoms with Crippen LogP contribution in [0.25, 0.3) is 22.3 Å². The van der Waals surface area contributed by atoms with Crippen LogP contribution in [0.2, 0.25) is 0 Å². The number of rotatable bonds is 8. The number of ether oxygens (including phenoxy) is 6. The van der Waals surface area contributed by atoms with Crippen molar-refractivity contribution in [2.45, 2.75) is 106 Å². The summed E-state index contributed by atoms with van der Waals surface area (Å²) in [5, 5.41) is 113. The van der Waals surface area contributed by atoms with Gasteiger partial charge in [-0.15, -0.1) is 0 Å². The Labute approximate surface area is 293 Å². The molecule has 1 aromatic heterocycles. The maximum absolute atomic E-state index is 14.0. The Balaban J connectivity index is 1.37. The van der Waals surface area contributed by atoms with Crippen LogP contribution in [-0.2, 0) is 18.9 Å². The van der Waals surface area contributed by atoms with E-state index in [9.17, 15) is 61.0 Å². The first-order valence-electron chi connectivity index (χ1n) is 16.2. The molecular weight excluding hydrogens is 700 g/mol. The smallest absolute Gasteiger partial charge is 0.239 e. The summed E-state index contributed by atoms with van der Waals surface area (Å²) in [6.45, 7) is 2.04. The summed E-state index contributed by atoms with van der Waals surface area (Å²) in [5.41, 5.74) is -1.09. The zero-order valence-electron chi connectivity index (χ0n) is 27.5. The van der Waals surface area contributed by atoms with Gasteiger partial charge in [-0.25, -0.2) is 0 Å². The lowest BCUT2D eigenvalue weighted by molar-refractivity contribution is -0.355. The number of hydrogen-bond acceptors (Lipinski definition) is 19. The summed E-state index contributed by atoms with van der Waals surface area (Å²) in [5.74, 6) is -1.93. The number of phenolic OH excluding ortho intramolecular Hbond substituents is 2. The first-order valence-corrected chi connectivity index (χ1v) is 16.2. The van der Waals surface area contributed by atoms with Crippen LogP contribution in [0.5, 0.6) is 23.0 Å². The lowest BCUT2D eigenvalue weighted by Gasteiger charge is -2.45. The fourth-order valence-corrected chi connectivity index (χ4v) is 6.17. The largest absolute Gasteiger partial charge is 0.508 e. The quantitative estimate of drug-likeness (QED) is 0.110. The number of hydrogen-bond donors (Lipinski definition) is 11. The summed E-state index contributed by atoms with van der Waals surface area (Å²) in [6.07, 6.45) is -23.9. The zero-order chi connectivity index (χ0) is 37.8. The van der Waals surface area contributed by atoms with Gasteiger partial charge in [0.1, 0.15) is 83.2 Å². The summed E-state index contributed by atoms with van der Waals surface area (Å²) in [6, 6.07) is 7.45. The van der Waals surface area contributed by atoms with Crippen LogP contribution < -0.4 is 14.9 Å². The van der Waals surface area contributed by atoms with Gasteiger partial charge in [-0.1, -0.05) is 0 Å². The lowest BCUT2D eigenvalue weighted by atomic mass is 9.97. The molecule has 6 rings (SSSR count). The average molecular weight is 741 g/mol. The van der Waals surface area contributed by atoms with Gasteiger partial charge >= 0.3 is 0 Å². The Morgan fingerprint density at radius 3 is 1.92 bits per heavy atom. The summed E-state index contributed by atoms with van der Waals surface area (Å²) < 4.78 is 40.0. The summed E-state index contributed by atoms with van der Waals surface area (Å²) >= 11 is 0. The van der Waals surface area contributed by atoms with E-state index < -0.39 is 121 Å². The average Bonchev–Trinajstić information content (AvgIpc) is 3.11. The van der Waals surface area contributed by atoms with Crippen LogP contribution in [0.1, 0.15) is 13.8 Å². The molecule has 19 nitrogen and oxygen atoms in total. The SMILES string of the molecule is CC1O[C@@H](Oc2c(-c3ccc(O)cc3)oc3cc(O[C@@H]4OC(C)[C@H](O)[C@H](O)C4O[C@@H]4OC(CO)[C@@H](O)[C@H](O)C4O)cc(O)c3c2=O)[C@@H](O)C(O)[C@H]1O. The minimum absolute atomic E-state index is 0.130. The van der Waals surface area contributed by atoms with Crippen LogP contribution >= 0.6 is 0 Å². The molecule has 19 heteroatoms. The van der Waals surface area contributed by atoms with E-state index in [1.54, 1.807) is 0 Å². The second kappa shape index (κ2) is 15.0.